The van der Waals surface area contributed by atoms with Gasteiger partial charge in [-0.25, -0.2) is 4.98 Å². The second kappa shape index (κ2) is 5.68. The number of aromatic nitrogens is 5. The minimum atomic E-state index is 0.490. The molecule has 0 spiro atoms. The van der Waals surface area contributed by atoms with E-state index in [1.165, 1.54) is 32.1 Å². The van der Waals surface area contributed by atoms with Gasteiger partial charge in [-0.15, -0.1) is 0 Å². The number of fused-ring (bicyclic) bond motifs is 1. The lowest BCUT2D eigenvalue weighted by Gasteiger charge is -2.22. The Morgan fingerprint density at radius 2 is 2.00 bits per heavy atom. The Kier molecular flexibility index (Phi) is 3.52. The molecular weight excluding hydrogens is 288 g/mol. The molecule has 0 amide bonds. The van der Waals surface area contributed by atoms with Gasteiger partial charge in [-0.2, -0.15) is 10.2 Å². The molecule has 0 aromatic carbocycles. The van der Waals surface area contributed by atoms with E-state index in [9.17, 15) is 0 Å². The number of pyridine rings is 1. The van der Waals surface area contributed by atoms with E-state index in [1.54, 1.807) is 0 Å². The largest absolute Gasteiger partial charge is 0.373 e. The number of aryl methyl sites for hydroxylation is 1. The van der Waals surface area contributed by atoms with Crippen LogP contribution < -0.4 is 5.32 Å². The van der Waals surface area contributed by atoms with Crippen LogP contribution in [0.1, 0.15) is 38.1 Å². The van der Waals surface area contributed by atoms with Gasteiger partial charge in [0, 0.05) is 43.5 Å². The van der Waals surface area contributed by atoms with E-state index in [0.29, 0.717) is 6.04 Å². The molecule has 1 fully saturated rings. The number of rotatable bonds is 3. The van der Waals surface area contributed by atoms with Gasteiger partial charge >= 0.3 is 0 Å². The maximum atomic E-state index is 4.97. The molecule has 120 valence electrons. The summed E-state index contributed by atoms with van der Waals surface area (Å²) in [6.07, 6.45) is 12.2. The van der Waals surface area contributed by atoms with Crippen molar-refractivity contribution in [2.24, 2.45) is 7.05 Å². The van der Waals surface area contributed by atoms with Crippen LogP contribution in [0.3, 0.4) is 0 Å². The smallest absolute Gasteiger partial charge is 0.127 e. The van der Waals surface area contributed by atoms with Crippen molar-refractivity contribution in [2.75, 3.05) is 12.4 Å². The van der Waals surface area contributed by atoms with Crippen molar-refractivity contribution in [1.82, 2.24) is 24.5 Å². The lowest BCUT2D eigenvalue weighted by Crippen LogP contribution is -2.14. The Morgan fingerprint density at radius 3 is 2.70 bits per heavy atom. The third-order valence-corrected chi connectivity index (χ3v) is 4.75. The van der Waals surface area contributed by atoms with Crippen molar-refractivity contribution in [3.05, 3.63) is 24.7 Å². The van der Waals surface area contributed by atoms with E-state index in [0.717, 1.165) is 28.0 Å². The van der Waals surface area contributed by atoms with Crippen LogP contribution in [0.5, 0.6) is 0 Å². The van der Waals surface area contributed by atoms with Gasteiger partial charge in [-0.3, -0.25) is 9.36 Å². The zero-order valence-electron chi connectivity index (χ0n) is 13.7. The van der Waals surface area contributed by atoms with Crippen LogP contribution in [-0.2, 0) is 7.05 Å². The van der Waals surface area contributed by atoms with Crippen LogP contribution in [0.15, 0.2) is 24.7 Å². The third kappa shape index (κ3) is 2.48. The van der Waals surface area contributed by atoms with Gasteiger partial charge in [-0.05, 0) is 12.8 Å². The van der Waals surface area contributed by atoms with Crippen LogP contribution in [0.4, 0.5) is 5.82 Å². The molecule has 0 aliphatic heterocycles. The van der Waals surface area contributed by atoms with E-state index in [2.05, 4.69) is 26.1 Å². The van der Waals surface area contributed by atoms with Crippen molar-refractivity contribution < 1.29 is 0 Å². The van der Waals surface area contributed by atoms with Crippen molar-refractivity contribution in [3.63, 3.8) is 0 Å². The molecule has 6 nitrogen and oxygen atoms in total. The van der Waals surface area contributed by atoms with Crippen molar-refractivity contribution in [3.8, 4) is 11.3 Å². The Bertz CT molecular complexity index is 825. The van der Waals surface area contributed by atoms with Gasteiger partial charge in [0.2, 0.25) is 0 Å². The molecule has 1 N–H and O–H groups in total. The topological polar surface area (TPSA) is 60.6 Å². The van der Waals surface area contributed by atoms with Crippen LogP contribution in [-0.4, -0.2) is 31.6 Å². The highest BCUT2D eigenvalue weighted by Gasteiger charge is 2.22. The van der Waals surface area contributed by atoms with Gasteiger partial charge in [0.05, 0.1) is 17.8 Å². The number of hydrogen-bond acceptors (Lipinski definition) is 4. The zero-order chi connectivity index (χ0) is 15.8. The predicted octanol–water partition coefficient (Wildman–Crippen LogP) is 3.38. The summed E-state index contributed by atoms with van der Waals surface area (Å²) >= 11 is 0. The summed E-state index contributed by atoms with van der Waals surface area (Å²) < 4.78 is 4.04. The highest BCUT2D eigenvalue weighted by Crippen LogP contribution is 2.35. The van der Waals surface area contributed by atoms with Crippen molar-refractivity contribution >= 4 is 16.7 Å². The van der Waals surface area contributed by atoms with Gasteiger partial charge < -0.3 is 5.32 Å². The van der Waals surface area contributed by atoms with Crippen LogP contribution in [0.25, 0.3) is 22.2 Å². The minimum Gasteiger partial charge on any atom is -0.373 e. The summed E-state index contributed by atoms with van der Waals surface area (Å²) in [7, 11) is 3.83. The molecule has 0 radical (unpaired) electrons. The van der Waals surface area contributed by atoms with E-state index in [4.69, 9.17) is 5.10 Å². The first-order chi connectivity index (χ1) is 11.3. The van der Waals surface area contributed by atoms with Crippen molar-refractivity contribution in [1.29, 1.82) is 0 Å². The molecule has 3 aromatic heterocycles. The summed E-state index contributed by atoms with van der Waals surface area (Å²) in [5, 5.41) is 13.5. The number of nitrogens with zero attached hydrogens (tertiary/aromatic N) is 5. The fourth-order valence-corrected chi connectivity index (χ4v) is 3.53. The molecule has 4 rings (SSSR count). The molecule has 6 heteroatoms. The monoisotopic (exact) mass is 310 g/mol. The van der Waals surface area contributed by atoms with Gasteiger partial charge in [0.15, 0.2) is 0 Å². The van der Waals surface area contributed by atoms with Gasteiger partial charge in [0.1, 0.15) is 11.5 Å². The average molecular weight is 310 g/mol. The Hall–Kier alpha value is -2.37. The Morgan fingerprint density at radius 1 is 1.17 bits per heavy atom. The maximum Gasteiger partial charge on any atom is 0.127 e. The zero-order valence-corrected chi connectivity index (χ0v) is 13.7. The molecule has 3 heterocycles. The normalized spacial score (nSPS) is 16.1. The molecule has 1 saturated carbocycles. The lowest BCUT2D eigenvalue weighted by molar-refractivity contribution is 0.338. The first-order valence-electron chi connectivity index (χ1n) is 8.31. The first-order valence-corrected chi connectivity index (χ1v) is 8.31. The fraction of sp³-hybridized carbons (Fsp3) is 0.471. The number of anilines is 1. The molecule has 23 heavy (non-hydrogen) atoms. The highest BCUT2D eigenvalue weighted by atomic mass is 15.3. The van der Waals surface area contributed by atoms with Gasteiger partial charge in [0.25, 0.3) is 0 Å². The summed E-state index contributed by atoms with van der Waals surface area (Å²) in [6.45, 7) is 0. The SMILES string of the molecule is CNc1cc2c(cn1)c(-c1cnn(C)c1)nn2C1CCCCC1. The van der Waals surface area contributed by atoms with Gasteiger partial charge in [-0.1, -0.05) is 19.3 Å². The summed E-state index contributed by atoms with van der Waals surface area (Å²) in [6, 6.07) is 2.60. The summed E-state index contributed by atoms with van der Waals surface area (Å²) in [4.78, 5) is 4.49. The molecule has 0 saturated heterocycles. The first kappa shape index (κ1) is 14.2. The lowest BCUT2D eigenvalue weighted by atomic mass is 9.95. The molecule has 0 bridgehead atoms. The minimum absolute atomic E-state index is 0.490. The second-order valence-electron chi connectivity index (χ2n) is 6.32. The quantitative estimate of drug-likeness (QED) is 0.805. The van der Waals surface area contributed by atoms with Crippen molar-refractivity contribution in [2.45, 2.75) is 38.1 Å². The second-order valence-corrected chi connectivity index (χ2v) is 6.32. The van der Waals surface area contributed by atoms with Crippen LogP contribution >= 0.6 is 0 Å². The fourth-order valence-electron chi connectivity index (χ4n) is 3.53. The summed E-state index contributed by atoms with van der Waals surface area (Å²) in [5.41, 5.74) is 3.19. The average Bonchev–Trinajstić information content (AvgIpc) is 3.18. The highest BCUT2D eigenvalue weighted by molar-refractivity contribution is 5.93. The third-order valence-electron chi connectivity index (χ3n) is 4.75. The molecule has 0 atom stereocenters. The summed E-state index contributed by atoms with van der Waals surface area (Å²) in [5.74, 6) is 0.882. The maximum absolute atomic E-state index is 4.97. The standard InChI is InChI=1S/C17H22N6/c1-18-16-8-15-14(10-19-16)17(12-9-20-22(2)11-12)21-23(15)13-6-4-3-5-7-13/h8-11,13H,3-7H2,1-2H3,(H,18,19). The molecular formula is C17H22N6. The van der Waals surface area contributed by atoms with E-state index < -0.39 is 0 Å². The van der Waals surface area contributed by atoms with Crippen LogP contribution in [0.2, 0.25) is 0 Å². The van der Waals surface area contributed by atoms with E-state index >= 15 is 0 Å². The molecule has 1 aliphatic carbocycles. The predicted molar refractivity (Wildman–Crippen MR) is 91.4 cm³/mol. The molecule has 0 unspecified atom stereocenters. The molecule has 3 aromatic rings. The molecule has 1 aliphatic rings. The van der Waals surface area contributed by atoms with Crippen LogP contribution in [0, 0.1) is 0 Å². The van der Waals surface area contributed by atoms with E-state index in [1.807, 2.05) is 37.4 Å². The Balaban J connectivity index is 1.89. The number of nitrogens with one attached hydrogen (secondary N) is 1. The van der Waals surface area contributed by atoms with E-state index in [-0.39, 0.29) is 0 Å². The number of hydrogen-bond donors (Lipinski definition) is 1. The Labute approximate surface area is 135 Å².